The van der Waals surface area contributed by atoms with E-state index < -0.39 is 0 Å². The second kappa shape index (κ2) is 2.91. The number of likely N-dealkylation sites (N-methyl/N-ethyl adjacent to an activating group) is 1. The zero-order valence-electron chi connectivity index (χ0n) is 9.29. The van der Waals surface area contributed by atoms with Crippen LogP contribution in [0.3, 0.4) is 0 Å². The van der Waals surface area contributed by atoms with Gasteiger partial charge >= 0.3 is 0 Å². The van der Waals surface area contributed by atoms with Crippen LogP contribution >= 0.6 is 0 Å². The first-order valence-corrected chi connectivity index (χ1v) is 4.95. The SMILES string of the molecule is COc1cccc2c1C(C)(C)CN2C. The minimum atomic E-state index is 0.191. The van der Waals surface area contributed by atoms with E-state index in [-0.39, 0.29) is 5.41 Å². The Hall–Kier alpha value is -1.18. The predicted molar refractivity (Wildman–Crippen MR) is 59.3 cm³/mol. The van der Waals surface area contributed by atoms with Gasteiger partial charge in [-0.1, -0.05) is 19.9 Å². The Morgan fingerprint density at radius 3 is 2.71 bits per heavy atom. The minimum absolute atomic E-state index is 0.191. The molecule has 1 heterocycles. The van der Waals surface area contributed by atoms with Crippen molar-refractivity contribution in [2.45, 2.75) is 19.3 Å². The van der Waals surface area contributed by atoms with Crippen LogP contribution in [0.1, 0.15) is 19.4 Å². The van der Waals surface area contributed by atoms with Crippen LogP contribution in [0, 0.1) is 0 Å². The molecule has 0 saturated heterocycles. The molecular weight excluding hydrogens is 174 g/mol. The average Bonchev–Trinajstić information content (AvgIpc) is 2.38. The van der Waals surface area contributed by atoms with Gasteiger partial charge in [-0.3, -0.25) is 0 Å². The molecule has 0 saturated carbocycles. The van der Waals surface area contributed by atoms with Gasteiger partial charge in [0.05, 0.1) is 7.11 Å². The molecule has 1 aromatic rings. The molecule has 0 amide bonds. The lowest BCUT2D eigenvalue weighted by Crippen LogP contribution is -2.25. The van der Waals surface area contributed by atoms with E-state index in [2.05, 4.69) is 37.9 Å². The summed E-state index contributed by atoms with van der Waals surface area (Å²) in [5.41, 5.74) is 2.83. The molecule has 1 aliphatic heterocycles. The molecule has 2 nitrogen and oxygen atoms in total. The fourth-order valence-electron chi connectivity index (χ4n) is 2.45. The number of rotatable bonds is 1. The Kier molecular flexibility index (Phi) is 1.95. The van der Waals surface area contributed by atoms with Crippen LogP contribution in [0.15, 0.2) is 18.2 Å². The molecule has 0 bridgehead atoms. The highest BCUT2D eigenvalue weighted by Crippen LogP contribution is 2.44. The van der Waals surface area contributed by atoms with Crippen LogP contribution in [0.5, 0.6) is 5.75 Å². The van der Waals surface area contributed by atoms with Crippen molar-refractivity contribution >= 4 is 5.69 Å². The van der Waals surface area contributed by atoms with Gasteiger partial charge in [0.2, 0.25) is 0 Å². The topological polar surface area (TPSA) is 12.5 Å². The zero-order valence-corrected chi connectivity index (χ0v) is 9.29. The quantitative estimate of drug-likeness (QED) is 0.676. The summed E-state index contributed by atoms with van der Waals surface area (Å²) in [6, 6.07) is 6.25. The van der Waals surface area contributed by atoms with Gasteiger partial charge in [-0.15, -0.1) is 0 Å². The van der Waals surface area contributed by atoms with Crippen LogP contribution in [0.2, 0.25) is 0 Å². The third-order valence-corrected chi connectivity index (χ3v) is 2.94. The first kappa shape index (κ1) is 9.38. The van der Waals surface area contributed by atoms with Crippen molar-refractivity contribution in [2.24, 2.45) is 0 Å². The Labute approximate surface area is 85.5 Å². The van der Waals surface area contributed by atoms with E-state index in [1.807, 2.05) is 6.07 Å². The molecule has 0 aliphatic carbocycles. The average molecular weight is 191 g/mol. The molecule has 1 aromatic carbocycles. The number of hydrogen-bond acceptors (Lipinski definition) is 2. The smallest absolute Gasteiger partial charge is 0.124 e. The van der Waals surface area contributed by atoms with E-state index in [1.165, 1.54) is 11.3 Å². The molecule has 2 rings (SSSR count). The lowest BCUT2D eigenvalue weighted by Gasteiger charge is -2.20. The number of anilines is 1. The third-order valence-electron chi connectivity index (χ3n) is 2.94. The normalized spacial score (nSPS) is 18.1. The molecule has 0 atom stereocenters. The van der Waals surface area contributed by atoms with Gasteiger partial charge in [0, 0.05) is 30.3 Å². The summed E-state index contributed by atoms with van der Waals surface area (Å²) < 4.78 is 5.41. The highest BCUT2D eigenvalue weighted by Gasteiger charge is 2.35. The number of hydrogen-bond donors (Lipinski definition) is 0. The summed E-state index contributed by atoms with van der Waals surface area (Å²) in [6.45, 7) is 5.58. The Bertz CT molecular complexity index is 357. The number of benzene rings is 1. The van der Waals surface area contributed by atoms with Crippen molar-refractivity contribution in [3.8, 4) is 5.75 Å². The molecule has 0 aromatic heterocycles. The van der Waals surface area contributed by atoms with Crippen molar-refractivity contribution in [1.29, 1.82) is 0 Å². The largest absolute Gasteiger partial charge is 0.496 e. The predicted octanol–water partition coefficient (Wildman–Crippen LogP) is 2.42. The van der Waals surface area contributed by atoms with Crippen LogP contribution < -0.4 is 9.64 Å². The lowest BCUT2D eigenvalue weighted by molar-refractivity contribution is 0.399. The molecular formula is C12H17NO. The number of methoxy groups -OCH3 is 1. The molecule has 0 N–H and O–H groups in total. The minimum Gasteiger partial charge on any atom is -0.496 e. The summed E-state index contributed by atoms with van der Waals surface area (Å²) in [5, 5.41) is 0. The van der Waals surface area contributed by atoms with Crippen LogP contribution in [-0.2, 0) is 5.41 Å². The number of fused-ring (bicyclic) bond motifs is 1. The fourth-order valence-corrected chi connectivity index (χ4v) is 2.45. The van der Waals surface area contributed by atoms with E-state index in [0.717, 1.165) is 12.3 Å². The van der Waals surface area contributed by atoms with Crippen molar-refractivity contribution in [3.05, 3.63) is 23.8 Å². The highest BCUT2D eigenvalue weighted by molar-refractivity contribution is 5.66. The molecule has 0 unspecified atom stereocenters. The van der Waals surface area contributed by atoms with E-state index in [0.29, 0.717) is 0 Å². The highest BCUT2D eigenvalue weighted by atomic mass is 16.5. The Morgan fingerprint density at radius 2 is 2.07 bits per heavy atom. The van der Waals surface area contributed by atoms with Gasteiger partial charge in [0.25, 0.3) is 0 Å². The lowest BCUT2D eigenvalue weighted by atomic mass is 9.86. The molecule has 76 valence electrons. The third kappa shape index (κ3) is 1.17. The zero-order chi connectivity index (χ0) is 10.3. The van der Waals surface area contributed by atoms with Crippen molar-refractivity contribution in [2.75, 3.05) is 25.6 Å². The fraction of sp³-hybridized carbons (Fsp3) is 0.500. The van der Waals surface area contributed by atoms with E-state index in [9.17, 15) is 0 Å². The Morgan fingerprint density at radius 1 is 1.36 bits per heavy atom. The first-order chi connectivity index (χ1) is 6.56. The number of ether oxygens (including phenoxy) is 1. The number of nitrogens with zero attached hydrogens (tertiary/aromatic N) is 1. The van der Waals surface area contributed by atoms with Gasteiger partial charge in [0.1, 0.15) is 5.75 Å². The van der Waals surface area contributed by atoms with E-state index in [1.54, 1.807) is 7.11 Å². The van der Waals surface area contributed by atoms with E-state index in [4.69, 9.17) is 4.74 Å². The Balaban J connectivity index is 2.63. The molecule has 14 heavy (non-hydrogen) atoms. The van der Waals surface area contributed by atoms with Gasteiger partial charge in [-0.25, -0.2) is 0 Å². The standard InChI is InChI=1S/C12H17NO/c1-12(2)8-13(3)9-6-5-7-10(14-4)11(9)12/h5-7H,8H2,1-4H3. The first-order valence-electron chi connectivity index (χ1n) is 4.95. The molecule has 0 radical (unpaired) electrons. The summed E-state index contributed by atoms with van der Waals surface area (Å²) in [5.74, 6) is 1.01. The van der Waals surface area contributed by atoms with Crippen molar-refractivity contribution in [1.82, 2.24) is 0 Å². The van der Waals surface area contributed by atoms with Crippen molar-refractivity contribution in [3.63, 3.8) is 0 Å². The summed E-state index contributed by atoms with van der Waals surface area (Å²) in [6.07, 6.45) is 0. The summed E-state index contributed by atoms with van der Waals surface area (Å²) in [7, 11) is 3.87. The maximum absolute atomic E-state index is 5.41. The molecule has 0 spiro atoms. The molecule has 1 aliphatic rings. The van der Waals surface area contributed by atoms with Gasteiger partial charge < -0.3 is 9.64 Å². The van der Waals surface area contributed by atoms with Gasteiger partial charge in [-0.2, -0.15) is 0 Å². The molecule has 0 fully saturated rings. The second-order valence-corrected chi connectivity index (χ2v) is 4.59. The maximum Gasteiger partial charge on any atom is 0.124 e. The van der Waals surface area contributed by atoms with Gasteiger partial charge in [0.15, 0.2) is 0 Å². The maximum atomic E-state index is 5.41. The van der Waals surface area contributed by atoms with Gasteiger partial charge in [-0.05, 0) is 12.1 Å². The monoisotopic (exact) mass is 191 g/mol. The van der Waals surface area contributed by atoms with Crippen LogP contribution in [-0.4, -0.2) is 20.7 Å². The van der Waals surface area contributed by atoms with Crippen molar-refractivity contribution < 1.29 is 4.74 Å². The van der Waals surface area contributed by atoms with Crippen LogP contribution in [0.4, 0.5) is 5.69 Å². The molecule has 2 heteroatoms. The van der Waals surface area contributed by atoms with Crippen LogP contribution in [0.25, 0.3) is 0 Å². The summed E-state index contributed by atoms with van der Waals surface area (Å²) >= 11 is 0. The second-order valence-electron chi connectivity index (χ2n) is 4.59. The van der Waals surface area contributed by atoms with E-state index >= 15 is 0 Å². The summed E-state index contributed by atoms with van der Waals surface area (Å²) in [4.78, 5) is 2.29.